The van der Waals surface area contributed by atoms with E-state index in [1.54, 1.807) is 25.3 Å². The van der Waals surface area contributed by atoms with Crippen LogP contribution in [0.3, 0.4) is 0 Å². The molecule has 0 aliphatic carbocycles. The lowest BCUT2D eigenvalue weighted by atomic mass is 10.1. The van der Waals surface area contributed by atoms with E-state index < -0.39 is 4.92 Å². The number of aromatic nitrogens is 1. The lowest BCUT2D eigenvalue weighted by molar-refractivity contribution is -0.385. The fourth-order valence-electron chi connectivity index (χ4n) is 1.77. The molecule has 2 aromatic rings. The molecule has 2 N–H and O–H groups in total. The Hall–Kier alpha value is -2.43. The van der Waals surface area contributed by atoms with Gasteiger partial charge in [-0.05, 0) is 30.2 Å². The molecule has 18 heavy (non-hydrogen) atoms. The van der Waals surface area contributed by atoms with Gasteiger partial charge in [-0.2, -0.15) is 0 Å². The van der Waals surface area contributed by atoms with E-state index in [1.165, 1.54) is 6.07 Å². The zero-order chi connectivity index (χ0) is 13.1. The highest BCUT2D eigenvalue weighted by Crippen LogP contribution is 2.21. The number of benzene rings is 1. The van der Waals surface area contributed by atoms with E-state index in [-0.39, 0.29) is 5.69 Å². The first-order chi connectivity index (χ1) is 8.56. The van der Waals surface area contributed by atoms with Gasteiger partial charge in [-0.3, -0.25) is 15.1 Å². The van der Waals surface area contributed by atoms with Crippen LogP contribution in [0, 0.1) is 17.0 Å². The van der Waals surface area contributed by atoms with Crippen molar-refractivity contribution in [2.24, 2.45) is 0 Å². The predicted octanol–water partition coefficient (Wildman–Crippen LogP) is 2.47. The SMILES string of the molecule is Cc1cnc(Cc2cccc(N)c2)c([N+](=O)[O-])c1. The minimum atomic E-state index is -0.401. The Morgan fingerprint density at radius 2 is 2.17 bits per heavy atom. The minimum absolute atomic E-state index is 0.0532. The van der Waals surface area contributed by atoms with Crippen LogP contribution in [-0.4, -0.2) is 9.91 Å². The summed E-state index contributed by atoms with van der Waals surface area (Å²) >= 11 is 0. The highest BCUT2D eigenvalue weighted by molar-refractivity contribution is 5.45. The Morgan fingerprint density at radius 3 is 2.83 bits per heavy atom. The van der Waals surface area contributed by atoms with Crippen LogP contribution in [0.2, 0.25) is 0 Å². The Balaban J connectivity index is 2.37. The van der Waals surface area contributed by atoms with Crippen molar-refractivity contribution >= 4 is 11.4 Å². The molecule has 92 valence electrons. The van der Waals surface area contributed by atoms with E-state index in [0.717, 1.165) is 11.1 Å². The summed E-state index contributed by atoms with van der Waals surface area (Å²) in [6.45, 7) is 1.78. The van der Waals surface area contributed by atoms with Crippen LogP contribution in [0.1, 0.15) is 16.8 Å². The third-order valence-corrected chi connectivity index (χ3v) is 2.60. The maximum Gasteiger partial charge on any atom is 0.291 e. The van der Waals surface area contributed by atoms with Gasteiger partial charge in [0.2, 0.25) is 0 Å². The van der Waals surface area contributed by atoms with Crippen LogP contribution in [0.15, 0.2) is 36.5 Å². The molecular formula is C13H13N3O2. The molecule has 0 spiro atoms. The number of hydrogen-bond acceptors (Lipinski definition) is 4. The highest BCUT2D eigenvalue weighted by Gasteiger charge is 2.15. The minimum Gasteiger partial charge on any atom is -0.399 e. The molecule has 0 unspecified atom stereocenters. The monoisotopic (exact) mass is 243 g/mol. The van der Waals surface area contributed by atoms with Gasteiger partial charge < -0.3 is 5.73 Å². The summed E-state index contributed by atoms with van der Waals surface area (Å²) in [5, 5.41) is 11.0. The Labute approximate surface area is 104 Å². The van der Waals surface area contributed by atoms with E-state index in [4.69, 9.17) is 5.73 Å². The molecule has 0 fully saturated rings. The fourth-order valence-corrected chi connectivity index (χ4v) is 1.77. The largest absolute Gasteiger partial charge is 0.399 e. The molecule has 0 aliphatic rings. The lowest BCUT2D eigenvalue weighted by Crippen LogP contribution is -2.00. The van der Waals surface area contributed by atoms with Crippen LogP contribution in [-0.2, 0) is 6.42 Å². The number of aryl methyl sites for hydroxylation is 1. The van der Waals surface area contributed by atoms with Gasteiger partial charge in [0.15, 0.2) is 0 Å². The molecule has 0 amide bonds. The van der Waals surface area contributed by atoms with E-state index in [2.05, 4.69) is 4.98 Å². The van der Waals surface area contributed by atoms with Gasteiger partial charge in [-0.1, -0.05) is 12.1 Å². The van der Waals surface area contributed by atoms with Gasteiger partial charge >= 0.3 is 0 Å². The van der Waals surface area contributed by atoms with Gasteiger partial charge in [-0.15, -0.1) is 0 Å². The van der Waals surface area contributed by atoms with Crippen LogP contribution in [0.5, 0.6) is 0 Å². The molecular weight excluding hydrogens is 230 g/mol. The van der Waals surface area contributed by atoms with Crippen LogP contribution in [0.25, 0.3) is 0 Å². The summed E-state index contributed by atoms with van der Waals surface area (Å²) < 4.78 is 0. The predicted molar refractivity (Wildman–Crippen MR) is 69.3 cm³/mol. The molecule has 0 atom stereocenters. The molecule has 5 nitrogen and oxygen atoms in total. The first-order valence-corrected chi connectivity index (χ1v) is 5.50. The molecule has 1 aromatic heterocycles. The molecule has 0 bridgehead atoms. The second-order valence-electron chi connectivity index (χ2n) is 4.16. The number of rotatable bonds is 3. The molecule has 1 heterocycles. The summed E-state index contributed by atoms with van der Waals surface area (Å²) in [7, 11) is 0. The van der Waals surface area contributed by atoms with Crippen molar-refractivity contribution in [2.45, 2.75) is 13.3 Å². The van der Waals surface area contributed by atoms with Crippen molar-refractivity contribution in [3.63, 3.8) is 0 Å². The third kappa shape index (κ3) is 2.63. The number of pyridine rings is 1. The quantitative estimate of drug-likeness (QED) is 0.510. The molecule has 0 radical (unpaired) electrons. The average Bonchev–Trinajstić information content (AvgIpc) is 2.31. The van der Waals surface area contributed by atoms with Crippen LogP contribution >= 0.6 is 0 Å². The molecule has 0 saturated carbocycles. The number of nitrogen functional groups attached to an aromatic ring is 1. The summed E-state index contributed by atoms with van der Waals surface area (Å²) in [4.78, 5) is 14.7. The molecule has 0 aliphatic heterocycles. The number of nitro groups is 1. The number of anilines is 1. The zero-order valence-corrected chi connectivity index (χ0v) is 9.96. The second kappa shape index (κ2) is 4.83. The Morgan fingerprint density at radius 1 is 1.39 bits per heavy atom. The van der Waals surface area contributed by atoms with E-state index >= 15 is 0 Å². The van der Waals surface area contributed by atoms with Gasteiger partial charge in [0.05, 0.1) is 4.92 Å². The van der Waals surface area contributed by atoms with Crippen molar-refractivity contribution in [2.75, 3.05) is 5.73 Å². The van der Waals surface area contributed by atoms with Crippen molar-refractivity contribution < 1.29 is 4.92 Å². The van der Waals surface area contributed by atoms with Crippen LogP contribution in [0.4, 0.5) is 11.4 Å². The Bertz CT molecular complexity index is 597. The van der Waals surface area contributed by atoms with Crippen molar-refractivity contribution in [1.82, 2.24) is 4.98 Å². The molecule has 0 saturated heterocycles. The van der Waals surface area contributed by atoms with Gasteiger partial charge in [0.1, 0.15) is 5.69 Å². The molecule has 5 heteroatoms. The molecule has 1 aromatic carbocycles. The maximum absolute atomic E-state index is 11.0. The topological polar surface area (TPSA) is 82.0 Å². The zero-order valence-electron chi connectivity index (χ0n) is 9.96. The normalized spacial score (nSPS) is 10.3. The second-order valence-corrected chi connectivity index (χ2v) is 4.16. The van der Waals surface area contributed by atoms with Gasteiger partial charge in [-0.25, -0.2) is 0 Å². The Kier molecular flexibility index (Phi) is 3.23. The lowest BCUT2D eigenvalue weighted by Gasteiger charge is -2.04. The van der Waals surface area contributed by atoms with E-state index in [1.807, 2.05) is 12.1 Å². The highest BCUT2D eigenvalue weighted by atomic mass is 16.6. The molecule has 2 rings (SSSR count). The summed E-state index contributed by atoms with van der Waals surface area (Å²) in [5.74, 6) is 0. The number of nitrogens with two attached hydrogens (primary N) is 1. The van der Waals surface area contributed by atoms with Crippen LogP contribution < -0.4 is 5.73 Å². The average molecular weight is 243 g/mol. The smallest absolute Gasteiger partial charge is 0.291 e. The first-order valence-electron chi connectivity index (χ1n) is 5.50. The summed E-state index contributed by atoms with van der Waals surface area (Å²) in [6, 6.07) is 8.81. The third-order valence-electron chi connectivity index (χ3n) is 2.60. The fraction of sp³-hybridized carbons (Fsp3) is 0.154. The van der Waals surface area contributed by atoms with Gasteiger partial charge in [0, 0.05) is 24.4 Å². The van der Waals surface area contributed by atoms with Crippen molar-refractivity contribution in [1.29, 1.82) is 0 Å². The maximum atomic E-state index is 11.0. The van der Waals surface area contributed by atoms with E-state index in [0.29, 0.717) is 17.8 Å². The van der Waals surface area contributed by atoms with Crippen molar-refractivity contribution in [3.05, 3.63) is 63.5 Å². The van der Waals surface area contributed by atoms with E-state index in [9.17, 15) is 10.1 Å². The van der Waals surface area contributed by atoms with Gasteiger partial charge in [0.25, 0.3) is 5.69 Å². The first kappa shape index (κ1) is 12.0. The number of hydrogen-bond donors (Lipinski definition) is 1. The van der Waals surface area contributed by atoms with Crippen molar-refractivity contribution in [3.8, 4) is 0 Å². The summed E-state index contributed by atoms with van der Waals surface area (Å²) in [6.07, 6.45) is 2.04. The summed E-state index contributed by atoms with van der Waals surface area (Å²) in [5.41, 5.74) is 8.52. The number of nitrogens with zero attached hydrogens (tertiary/aromatic N) is 2. The standard InChI is InChI=1S/C13H13N3O2/c1-9-5-13(16(17)18)12(15-8-9)7-10-3-2-4-11(14)6-10/h2-6,8H,7,14H2,1H3.